The minimum absolute atomic E-state index is 0.00361. The number of carbonyl (C=O) groups is 2. The van der Waals surface area contributed by atoms with Gasteiger partial charge in [-0.2, -0.15) is 26.3 Å². The molecule has 1 aromatic carbocycles. The van der Waals surface area contributed by atoms with Gasteiger partial charge in [-0.05, 0) is 68.6 Å². The number of benzene rings is 1. The third kappa shape index (κ3) is 8.14. The SMILES string of the molecule is COC1=CC(F)=C(CC(=O)O)CC=C1c1ccc(C2CC2)nc1CN(C)C(C)C(OC=O)c1cc(C(F)(F)F)cc(C(F)(F)F)c1. The average Bonchev–Trinajstić information content (AvgIpc) is 3.84. The van der Waals surface area contributed by atoms with Crippen molar-refractivity contribution in [2.75, 3.05) is 14.2 Å². The van der Waals surface area contributed by atoms with Crippen LogP contribution < -0.4 is 0 Å². The van der Waals surface area contributed by atoms with Gasteiger partial charge in [0.15, 0.2) is 0 Å². The first kappa shape index (κ1) is 34.7. The molecule has 1 fully saturated rings. The van der Waals surface area contributed by atoms with Crippen LogP contribution in [-0.2, 0) is 38.0 Å². The Morgan fingerprint density at radius 1 is 1.11 bits per heavy atom. The van der Waals surface area contributed by atoms with Crippen LogP contribution in [0.1, 0.15) is 78.3 Å². The number of carbonyl (C=O) groups excluding carboxylic acids is 1. The highest BCUT2D eigenvalue weighted by Gasteiger charge is 2.39. The molecule has 1 N–H and O–H groups in total. The van der Waals surface area contributed by atoms with Crippen molar-refractivity contribution in [3.05, 3.63) is 93.3 Å². The number of carboxylic acid groups (broad SMARTS) is 1. The van der Waals surface area contributed by atoms with Crippen LogP contribution in [0.2, 0.25) is 0 Å². The number of hydrogen-bond acceptors (Lipinski definition) is 6. The first-order valence-electron chi connectivity index (χ1n) is 14.2. The van der Waals surface area contributed by atoms with Crippen LogP contribution in [0.15, 0.2) is 59.6 Å². The Morgan fingerprint density at radius 2 is 1.74 bits per heavy atom. The number of ether oxygens (including phenoxy) is 2. The monoisotopic (exact) mass is 656 g/mol. The first-order valence-corrected chi connectivity index (χ1v) is 14.2. The van der Waals surface area contributed by atoms with Crippen LogP contribution in [0.5, 0.6) is 0 Å². The van der Waals surface area contributed by atoms with Crippen LogP contribution in [-0.4, -0.2) is 47.6 Å². The summed E-state index contributed by atoms with van der Waals surface area (Å²) in [5, 5.41) is 9.21. The Labute approximate surface area is 260 Å². The number of nitrogens with zero attached hydrogens (tertiary/aromatic N) is 2. The number of hydrogen-bond donors (Lipinski definition) is 1. The van der Waals surface area contributed by atoms with Gasteiger partial charge in [0.05, 0.1) is 30.4 Å². The molecular weight excluding hydrogens is 625 g/mol. The van der Waals surface area contributed by atoms with E-state index in [0.717, 1.165) is 24.6 Å². The number of aromatic nitrogens is 1. The summed E-state index contributed by atoms with van der Waals surface area (Å²) in [6.07, 6.45) is -7.80. The maximum Gasteiger partial charge on any atom is 0.416 e. The van der Waals surface area contributed by atoms with E-state index in [1.165, 1.54) is 14.0 Å². The fourth-order valence-corrected chi connectivity index (χ4v) is 5.24. The van der Waals surface area contributed by atoms with E-state index in [9.17, 15) is 45.4 Å². The fourth-order valence-electron chi connectivity index (χ4n) is 5.24. The second kappa shape index (κ2) is 13.7. The van der Waals surface area contributed by atoms with Crippen LogP contribution >= 0.6 is 0 Å². The van der Waals surface area contributed by atoms with Crippen molar-refractivity contribution in [3.8, 4) is 0 Å². The Kier molecular flexibility index (Phi) is 10.3. The molecule has 14 heteroatoms. The van der Waals surface area contributed by atoms with Crippen LogP contribution in [0.3, 0.4) is 0 Å². The lowest BCUT2D eigenvalue weighted by Gasteiger charge is -2.32. The van der Waals surface area contributed by atoms with Gasteiger partial charge in [0.2, 0.25) is 0 Å². The molecule has 2 aromatic rings. The summed E-state index contributed by atoms with van der Waals surface area (Å²) >= 11 is 0. The van der Waals surface area contributed by atoms with E-state index >= 15 is 0 Å². The van der Waals surface area contributed by atoms with Gasteiger partial charge in [-0.3, -0.25) is 19.5 Å². The zero-order valence-corrected chi connectivity index (χ0v) is 25.0. The second-order valence-corrected chi connectivity index (χ2v) is 11.2. The molecular formula is C32H31F7N2O5. The third-order valence-electron chi connectivity index (χ3n) is 7.95. The summed E-state index contributed by atoms with van der Waals surface area (Å²) in [5.41, 5.74) is -1.46. The molecule has 0 amide bonds. The van der Waals surface area contributed by atoms with E-state index in [1.807, 2.05) is 0 Å². The molecule has 1 aromatic heterocycles. The largest absolute Gasteiger partial charge is 0.496 e. The smallest absolute Gasteiger partial charge is 0.416 e. The van der Waals surface area contributed by atoms with Crippen molar-refractivity contribution in [3.63, 3.8) is 0 Å². The standard InChI is InChI=1S/C32H31F7N2O5/c1-17(30(46-16-42)20-10-21(31(34,35)36)13-22(11-20)32(37,38)39)41(2)15-27-23(8-9-26(40-27)18-4-5-18)24-7-6-19(12-29(43)44)25(33)14-28(24)45-3/h7-11,13-14,16-18,30H,4-6,12,15H2,1-3H3,(H,43,44). The lowest BCUT2D eigenvalue weighted by atomic mass is 9.96. The number of alkyl halides is 6. The van der Waals surface area contributed by atoms with Gasteiger partial charge in [0.1, 0.15) is 17.7 Å². The molecule has 46 heavy (non-hydrogen) atoms. The summed E-state index contributed by atoms with van der Waals surface area (Å²) in [4.78, 5) is 29.1. The van der Waals surface area contributed by atoms with Crippen LogP contribution in [0.25, 0.3) is 5.57 Å². The molecule has 1 heterocycles. The van der Waals surface area contributed by atoms with Crippen LogP contribution in [0.4, 0.5) is 30.7 Å². The lowest BCUT2D eigenvalue weighted by Crippen LogP contribution is -2.36. The zero-order valence-electron chi connectivity index (χ0n) is 25.0. The summed E-state index contributed by atoms with van der Waals surface area (Å²) in [6, 6.07) is 3.64. The van der Waals surface area contributed by atoms with Gasteiger partial charge < -0.3 is 14.6 Å². The zero-order chi connectivity index (χ0) is 34.0. The molecule has 0 aliphatic heterocycles. The molecule has 0 radical (unpaired) electrons. The number of methoxy groups -OCH3 is 1. The average molecular weight is 657 g/mol. The summed E-state index contributed by atoms with van der Waals surface area (Å²) in [7, 11) is 2.86. The normalized spacial score (nSPS) is 17.2. The second-order valence-electron chi connectivity index (χ2n) is 11.2. The van der Waals surface area contributed by atoms with Gasteiger partial charge in [-0.1, -0.05) is 12.1 Å². The Morgan fingerprint density at radius 3 is 2.26 bits per heavy atom. The minimum atomic E-state index is -5.10. The van der Waals surface area contributed by atoms with Crippen molar-refractivity contribution in [1.29, 1.82) is 0 Å². The molecule has 248 valence electrons. The molecule has 2 aliphatic rings. The number of allylic oxidation sites excluding steroid dienone is 4. The molecule has 2 atom stereocenters. The summed E-state index contributed by atoms with van der Waals surface area (Å²) < 4.78 is 107. The van der Waals surface area contributed by atoms with Gasteiger partial charge in [-0.25, -0.2) is 4.39 Å². The molecule has 0 spiro atoms. The molecule has 2 unspecified atom stereocenters. The topological polar surface area (TPSA) is 89.0 Å². The highest BCUT2D eigenvalue weighted by atomic mass is 19.4. The predicted molar refractivity (Wildman–Crippen MR) is 152 cm³/mol. The van der Waals surface area contributed by atoms with Crippen molar-refractivity contribution in [2.45, 2.75) is 69.6 Å². The van der Waals surface area contributed by atoms with Gasteiger partial charge in [0, 0.05) is 41.4 Å². The van der Waals surface area contributed by atoms with E-state index in [1.54, 1.807) is 30.2 Å². The summed E-state index contributed by atoms with van der Waals surface area (Å²) in [6.45, 7) is 1.42. The minimum Gasteiger partial charge on any atom is -0.496 e. The number of pyridine rings is 1. The number of carboxylic acids is 1. The van der Waals surface area contributed by atoms with Gasteiger partial charge in [-0.15, -0.1) is 0 Å². The Hall–Kier alpha value is -4.20. The number of aliphatic carboxylic acids is 1. The first-order chi connectivity index (χ1) is 21.5. The van der Waals surface area contributed by atoms with Crippen molar-refractivity contribution < 1.29 is 54.9 Å². The Bertz CT molecular complexity index is 1540. The fraction of sp³-hybridized carbons (Fsp3) is 0.406. The molecule has 4 rings (SSSR count). The number of rotatable bonds is 12. The van der Waals surface area contributed by atoms with Crippen molar-refractivity contribution in [2.24, 2.45) is 0 Å². The summed E-state index contributed by atoms with van der Waals surface area (Å²) in [5.74, 6) is -1.67. The van der Waals surface area contributed by atoms with E-state index in [2.05, 4.69) is 0 Å². The van der Waals surface area contributed by atoms with E-state index in [-0.39, 0.29) is 42.8 Å². The quantitative estimate of drug-likeness (QED) is 0.185. The van der Waals surface area contributed by atoms with Gasteiger partial charge >= 0.3 is 18.3 Å². The molecule has 2 aliphatic carbocycles. The van der Waals surface area contributed by atoms with Crippen molar-refractivity contribution in [1.82, 2.24) is 9.88 Å². The van der Waals surface area contributed by atoms with E-state index < -0.39 is 59.4 Å². The molecule has 0 bridgehead atoms. The molecule has 7 nitrogen and oxygen atoms in total. The maximum absolute atomic E-state index is 14.9. The van der Waals surface area contributed by atoms with Crippen molar-refractivity contribution >= 4 is 18.0 Å². The molecule has 0 saturated heterocycles. The lowest BCUT2D eigenvalue weighted by molar-refractivity contribution is -0.143. The third-order valence-corrected chi connectivity index (χ3v) is 7.95. The maximum atomic E-state index is 14.9. The number of halogens is 7. The molecule has 1 saturated carbocycles. The predicted octanol–water partition coefficient (Wildman–Crippen LogP) is 7.75. The highest BCUT2D eigenvalue weighted by molar-refractivity contribution is 5.80. The Balaban J connectivity index is 1.73. The van der Waals surface area contributed by atoms with Gasteiger partial charge in [0.25, 0.3) is 6.47 Å². The highest BCUT2D eigenvalue weighted by Crippen LogP contribution is 2.42. The van der Waals surface area contributed by atoms with E-state index in [4.69, 9.17) is 14.5 Å². The van der Waals surface area contributed by atoms with E-state index in [0.29, 0.717) is 29.0 Å². The number of likely N-dealkylation sites (N-methyl/N-ethyl adjacent to an activating group) is 1. The van der Waals surface area contributed by atoms with Crippen LogP contribution in [0, 0.1) is 0 Å².